The van der Waals surface area contributed by atoms with E-state index in [1.54, 1.807) is 0 Å². The number of carbonyl (C=O) groups is 3. The van der Waals surface area contributed by atoms with Crippen LogP contribution in [-0.2, 0) is 28.6 Å². The van der Waals surface area contributed by atoms with Crippen LogP contribution < -0.4 is 0 Å². The molecule has 2 atom stereocenters. The standard InChI is InChI=1S/C35H61NO7/c1-6-8-10-12-14-15-16-17-18-20-22-24-26-34(38)43-31(29-41-28-27-32(35(39)40)36(3,4)5)30-42-33(37)25-23-21-19-13-11-9-7-2/h8,10,14-15,19,21,31-32H,6-7,9,11-13,16-18,20,22-30H2,1-5H3/p+1/b10-8+,15-14+,21-19+. The van der Waals surface area contributed by atoms with Gasteiger partial charge in [-0.05, 0) is 51.4 Å². The second-order valence-corrected chi connectivity index (χ2v) is 12.0. The Morgan fingerprint density at radius 3 is 2.02 bits per heavy atom. The van der Waals surface area contributed by atoms with Crippen molar-refractivity contribution >= 4 is 17.9 Å². The molecule has 1 N–H and O–H groups in total. The molecule has 0 aliphatic heterocycles. The van der Waals surface area contributed by atoms with Crippen molar-refractivity contribution in [2.75, 3.05) is 41.0 Å². The number of unbranched alkanes of at least 4 members (excludes halogenated alkanes) is 8. The van der Waals surface area contributed by atoms with E-state index >= 15 is 0 Å². The fraction of sp³-hybridized carbons (Fsp3) is 0.743. The first kappa shape index (κ1) is 40.5. The predicted octanol–water partition coefficient (Wildman–Crippen LogP) is 7.57. The Morgan fingerprint density at radius 1 is 0.721 bits per heavy atom. The van der Waals surface area contributed by atoms with Gasteiger partial charge in [-0.2, -0.15) is 0 Å². The molecule has 0 rings (SSSR count). The molecular formula is C35H62NO7+. The summed E-state index contributed by atoms with van der Waals surface area (Å²) < 4.78 is 17.0. The van der Waals surface area contributed by atoms with E-state index in [-0.39, 0.29) is 42.7 Å². The first-order valence-corrected chi connectivity index (χ1v) is 16.5. The normalized spacial score (nSPS) is 13.6. The Hall–Kier alpha value is -2.45. The molecule has 248 valence electrons. The van der Waals surface area contributed by atoms with Crippen molar-refractivity contribution in [2.45, 2.75) is 129 Å². The number of rotatable bonds is 28. The third-order valence-corrected chi connectivity index (χ3v) is 7.04. The van der Waals surface area contributed by atoms with E-state index in [0.717, 1.165) is 64.2 Å². The molecule has 0 aromatic rings. The van der Waals surface area contributed by atoms with Gasteiger partial charge in [-0.1, -0.05) is 82.4 Å². The lowest BCUT2D eigenvalue weighted by Crippen LogP contribution is -2.50. The number of carboxylic acids is 1. The maximum absolute atomic E-state index is 12.5. The van der Waals surface area contributed by atoms with Crippen LogP contribution in [0, 0.1) is 0 Å². The zero-order valence-electron chi connectivity index (χ0n) is 27.9. The molecule has 43 heavy (non-hydrogen) atoms. The lowest BCUT2D eigenvalue weighted by atomic mass is 10.1. The van der Waals surface area contributed by atoms with Crippen molar-refractivity contribution in [3.63, 3.8) is 0 Å². The van der Waals surface area contributed by atoms with Crippen molar-refractivity contribution in [3.8, 4) is 0 Å². The Kier molecular flexibility index (Phi) is 25.6. The summed E-state index contributed by atoms with van der Waals surface area (Å²) in [6.07, 6.45) is 26.5. The Labute approximate surface area is 262 Å². The van der Waals surface area contributed by atoms with Gasteiger partial charge in [0.2, 0.25) is 0 Å². The number of nitrogens with zero attached hydrogens (tertiary/aromatic N) is 1. The zero-order chi connectivity index (χ0) is 32.2. The van der Waals surface area contributed by atoms with E-state index in [1.807, 2.05) is 27.2 Å². The molecule has 0 saturated carbocycles. The van der Waals surface area contributed by atoms with Gasteiger partial charge >= 0.3 is 17.9 Å². The third-order valence-electron chi connectivity index (χ3n) is 7.04. The molecule has 2 unspecified atom stereocenters. The molecular weight excluding hydrogens is 546 g/mol. The molecule has 0 aliphatic carbocycles. The molecule has 0 fully saturated rings. The minimum Gasteiger partial charge on any atom is -0.477 e. The first-order valence-electron chi connectivity index (χ1n) is 16.5. The van der Waals surface area contributed by atoms with Crippen molar-refractivity contribution in [2.24, 2.45) is 0 Å². The molecule has 8 heteroatoms. The second-order valence-electron chi connectivity index (χ2n) is 12.0. The highest BCUT2D eigenvalue weighted by molar-refractivity contribution is 5.72. The fourth-order valence-electron chi connectivity index (χ4n) is 4.44. The smallest absolute Gasteiger partial charge is 0.362 e. The van der Waals surface area contributed by atoms with E-state index in [0.29, 0.717) is 19.3 Å². The molecule has 0 aromatic carbocycles. The lowest BCUT2D eigenvalue weighted by Gasteiger charge is -2.31. The van der Waals surface area contributed by atoms with E-state index in [1.165, 1.54) is 12.8 Å². The fourth-order valence-corrected chi connectivity index (χ4v) is 4.44. The zero-order valence-corrected chi connectivity index (χ0v) is 27.9. The molecule has 8 nitrogen and oxygen atoms in total. The molecule has 0 radical (unpaired) electrons. The van der Waals surface area contributed by atoms with Crippen LogP contribution in [0.1, 0.15) is 117 Å². The molecule has 0 aliphatic rings. The Morgan fingerprint density at radius 2 is 1.35 bits per heavy atom. The summed E-state index contributed by atoms with van der Waals surface area (Å²) in [6.45, 7) is 4.47. The molecule has 0 spiro atoms. The summed E-state index contributed by atoms with van der Waals surface area (Å²) in [6, 6.07) is -0.618. The Balaban J connectivity index is 4.54. The number of carboxylic acid groups (broad SMARTS) is 1. The molecule has 0 heterocycles. The second kappa shape index (κ2) is 27.1. The van der Waals surface area contributed by atoms with Crippen LogP contribution >= 0.6 is 0 Å². The largest absolute Gasteiger partial charge is 0.477 e. The topological polar surface area (TPSA) is 99.1 Å². The van der Waals surface area contributed by atoms with E-state index in [4.69, 9.17) is 14.2 Å². The minimum absolute atomic E-state index is 0.0432. The summed E-state index contributed by atoms with van der Waals surface area (Å²) in [7, 11) is 5.48. The molecule has 0 amide bonds. The van der Waals surface area contributed by atoms with Crippen LogP contribution in [0.25, 0.3) is 0 Å². The first-order chi connectivity index (χ1) is 20.6. The van der Waals surface area contributed by atoms with Gasteiger partial charge in [0, 0.05) is 19.3 Å². The van der Waals surface area contributed by atoms with Gasteiger partial charge in [0.25, 0.3) is 0 Å². The van der Waals surface area contributed by atoms with Gasteiger partial charge in [-0.3, -0.25) is 9.59 Å². The number of aliphatic carboxylic acids is 1. The number of ether oxygens (including phenoxy) is 3. The summed E-state index contributed by atoms with van der Waals surface area (Å²) in [5.74, 6) is -1.57. The number of likely N-dealkylation sites (N-methyl/N-ethyl adjacent to an activating group) is 1. The van der Waals surface area contributed by atoms with Crippen LogP contribution in [-0.4, -0.2) is 80.6 Å². The number of carbonyl (C=O) groups excluding carboxylic acids is 2. The Bertz CT molecular complexity index is 813. The van der Waals surface area contributed by atoms with Gasteiger partial charge in [0.05, 0.1) is 34.4 Å². The monoisotopic (exact) mass is 608 g/mol. The van der Waals surface area contributed by atoms with Gasteiger partial charge in [0.1, 0.15) is 6.61 Å². The quantitative estimate of drug-likeness (QED) is 0.0423. The van der Waals surface area contributed by atoms with Crippen LogP contribution in [0.3, 0.4) is 0 Å². The van der Waals surface area contributed by atoms with E-state index < -0.39 is 18.1 Å². The van der Waals surface area contributed by atoms with Gasteiger partial charge < -0.3 is 23.8 Å². The van der Waals surface area contributed by atoms with E-state index in [9.17, 15) is 19.5 Å². The summed E-state index contributed by atoms with van der Waals surface area (Å²) in [5.41, 5.74) is 0. The minimum atomic E-state index is -0.885. The third kappa shape index (κ3) is 25.7. The predicted molar refractivity (Wildman–Crippen MR) is 174 cm³/mol. The summed E-state index contributed by atoms with van der Waals surface area (Å²) >= 11 is 0. The van der Waals surface area contributed by atoms with Crippen molar-refractivity contribution in [1.82, 2.24) is 0 Å². The van der Waals surface area contributed by atoms with Crippen molar-refractivity contribution in [1.29, 1.82) is 0 Å². The van der Waals surface area contributed by atoms with Gasteiger partial charge in [-0.25, -0.2) is 4.79 Å². The van der Waals surface area contributed by atoms with Gasteiger partial charge in [0.15, 0.2) is 12.1 Å². The summed E-state index contributed by atoms with van der Waals surface area (Å²) in [4.78, 5) is 36.4. The van der Waals surface area contributed by atoms with Crippen LogP contribution in [0.15, 0.2) is 36.5 Å². The highest BCUT2D eigenvalue weighted by Crippen LogP contribution is 2.11. The molecule has 0 bridgehead atoms. The van der Waals surface area contributed by atoms with Crippen molar-refractivity contribution in [3.05, 3.63) is 36.5 Å². The van der Waals surface area contributed by atoms with Crippen LogP contribution in [0.5, 0.6) is 0 Å². The number of esters is 2. The highest BCUT2D eigenvalue weighted by atomic mass is 16.6. The van der Waals surface area contributed by atoms with Crippen LogP contribution in [0.4, 0.5) is 0 Å². The average Bonchev–Trinajstić information content (AvgIpc) is 2.94. The molecule has 0 aromatic heterocycles. The van der Waals surface area contributed by atoms with Gasteiger partial charge in [-0.15, -0.1) is 0 Å². The summed E-state index contributed by atoms with van der Waals surface area (Å²) in [5, 5.41) is 9.53. The maximum Gasteiger partial charge on any atom is 0.362 e. The average molecular weight is 609 g/mol. The lowest BCUT2D eigenvalue weighted by molar-refractivity contribution is -0.887. The number of quaternary nitrogens is 1. The number of hydrogen-bond donors (Lipinski definition) is 1. The van der Waals surface area contributed by atoms with E-state index in [2.05, 4.69) is 44.2 Å². The maximum atomic E-state index is 12.5. The van der Waals surface area contributed by atoms with Crippen LogP contribution in [0.2, 0.25) is 0 Å². The highest BCUT2D eigenvalue weighted by Gasteiger charge is 2.31. The van der Waals surface area contributed by atoms with Crippen molar-refractivity contribution < 1.29 is 38.2 Å². The number of allylic oxidation sites excluding steroid dienone is 6. The SMILES string of the molecule is CC/C=C/C/C=C/CCCCCCCC(=O)OC(COCCC(C(=O)O)[N+](C)(C)C)COC(=O)CC/C=C/CCCCC. The molecule has 0 saturated heterocycles. The number of hydrogen-bond acceptors (Lipinski definition) is 6.